The predicted octanol–water partition coefficient (Wildman–Crippen LogP) is 8.67. The Morgan fingerprint density at radius 1 is 1.10 bits per heavy atom. The van der Waals surface area contributed by atoms with Crippen LogP contribution in [0.5, 0.6) is 5.75 Å². The van der Waals surface area contributed by atoms with Gasteiger partial charge in [0.05, 0.1) is 23.5 Å². The molecule has 1 fully saturated rings. The molecule has 3 aromatic carbocycles. The minimum atomic E-state index is -1.78. The molecule has 0 bridgehead atoms. The van der Waals surface area contributed by atoms with Crippen LogP contribution in [0.1, 0.15) is 90.0 Å². The first-order chi connectivity index (χ1) is 19.0. The minimum Gasteiger partial charge on any atom is -0.487 e. The molecular weight excluding hydrogens is 513 g/mol. The Balaban J connectivity index is 0.00000387. The van der Waals surface area contributed by atoms with Crippen LogP contribution in [-0.2, 0) is 12.1 Å². The van der Waals surface area contributed by atoms with Gasteiger partial charge in [-0.2, -0.15) is 0 Å². The van der Waals surface area contributed by atoms with Crippen molar-refractivity contribution in [3.63, 3.8) is 0 Å². The van der Waals surface area contributed by atoms with Gasteiger partial charge in [-0.25, -0.2) is 4.39 Å². The summed E-state index contributed by atoms with van der Waals surface area (Å²) in [4.78, 5) is 0. The van der Waals surface area contributed by atoms with Crippen LogP contribution < -0.4 is 21.1 Å². The molecule has 1 heterocycles. The molecule has 5 nitrogen and oxygen atoms in total. The average Bonchev–Trinajstić information content (AvgIpc) is 3.44. The highest BCUT2D eigenvalue weighted by atomic mass is 19.1. The first-order valence-electron chi connectivity index (χ1n) is 14.4. The molecule has 2 aliphatic rings. The number of rotatable bonds is 8. The number of aliphatic hydroxyl groups excluding tert-OH is 1. The largest absolute Gasteiger partial charge is 0.487 e. The van der Waals surface area contributed by atoms with E-state index < -0.39 is 11.8 Å². The van der Waals surface area contributed by atoms with Gasteiger partial charge in [0.2, 0.25) is 0 Å². The number of benzene rings is 3. The summed E-state index contributed by atoms with van der Waals surface area (Å²) >= 11 is 0. The molecule has 220 valence electrons. The molecule has 3 atom stereocenters. The van der Waals surface area contributed by atoms with Crippen LogP contribution in [0.4, 0.5) is 21.5 Å². The summed E-state index contributed by atoms with van der Waals surface area (Å²) in [6.45, 7) is 7.13. The molecule has 0 aromatic heterocycles. The predicted molar refractivity (Wildman–Crippen MR) is 169 cm³/mol. The van der Waals surface area contributed by atoms with Crippen LogP contribution in [0.2, 0.25) is 0 Å². The summed E-state index contributed by atoms with van der Waals surface area (Å²) < 4.78 is 21.1. The van der Waals surface area contributed by atoms with Gasteiger partial charge in [0.25, 0.3) is 0 Å². The number of nitrogens with two attached hydrogens (primary N) is 1. The van der Waals surface area contributed by atoms with Gasteiger partial charge in [0.1, 0.15) is 11.4 Å². The molecule has 0 spiro atoms. The van der Waals surface area contributed by atoms with Crippen molar-refractivity contribution in [3.05, 3.63) is 94.7 Å². The smallest absolute Gasteiger partial charge is 0.158 e. The number of halogens is 1. The van der Waals surface area contributed by atoms with E-state index in [0.717, 1.165) is 53.9 Å². The maximum absolute atomic E-state index is 14.9. The molecule has 5 N–H and O–H groups in total. The molecule has 1 aliphatic heterocycles. The van der Waals surface area contributed by atoms with E-state index in [9.17, 15) is 9.50 Å². The Hall–Kier alpha value is -3.51. The zero-order chi connectivity index (χ0) is 28.5. The van der Waals surface area contributed by atoms with Crippen molar-refractivity contribution in [2.45, 2.75) is 97.1 Å². The topological polar surface area (TPSA) is 79.5 Å². The lowest BCUT2D eigenvalue weighted by molar-refractivity contribution is 0.0135. The maximum Gasteiger partial charge on any atom is 0.158 e. The van der Waals surface area contributed by atoms with Crippen LogP contribution in [0, 0.1) is 0 Å². The van der Waals surface area contributed by atoms with E-state index in [1.54, 1.807) is 12.1 Å². The molecule has 0 radical (unpaired) electrons. The van der Waals surface area contributed by atoms with Gasteiger partial charge in [-0.15, -0.1) is 0 Å². The summed E-state index contributed by atoms with van der Waals surface area (Å²) in [6, 6.07) is 21.9. The number of allylic oxidation sites excluding steroid dienone is 2. The lowest BCUT2D eigenvalue weighted by atomic mass is 9.89. The van der Waals surface area contributed by atoms with E-state index in [1.807, 2.05) is 42.5 Å². The Morgan fingerprint density at radius 2 is 1.78 bits per heavy atom. The van der Waals surface area contributed by atoms with Crippen LogP contribution in [0.25, 0.3) is 0 Å². The molecule has 0 amide bonds. The van der Waals surface area contributed by atoms with Crippen molar-refractivity contribution in [2.24, 2.45) is 0 Å². The van der Waals surface area contributed by atoms with Crippen LogP contribution in [0.15, 0.2) is 78.0 Å². The quantitative estimate of drug-likeness (QED) is 0.208. The summed E-state index contributed by atoms with van der Waals surface area (Å²) in [6.07, 6.45) is 5.03. The highest BCUT2D eigenvalue weighted by molar-refractivity contribution is 5.73. The van der Waals surface area contributed by atoms with E-state index in [4.69, 9.17) is 10.5 Å². The Morgan fingerprint density at radius 3 is 2.44 bits per heavy atom. The van der Waals surface area contributed by atoms with Gasteiger partial charge in [-0.1, -0.05) is 55.5 Å². The molecule has 5 rings (SSSR count). The van der Waals surface area contributed by atoms with E-state index in [0.29, 0.717) is 11.3 Å². The van der Waals surface area contributed by atoms with Crippen LogP contribution in [0.3, 0.4) is 0 Å². The van der Waals surface area contributed by atoms with E-state index >= 15 is 0 Å². The molecule has 41 heavy (non-hydrogen) atoms. The second-order valence-corrected chi connectivity index (χ2v) is 12.1. The zero-order valence-electron chi connectivity index (χ0n) is 24.1. The van der Waals surface area contributed by atoms with Crippen molar-refractivity contribution < 1.29 is 14.2 Å². The summed E-state index contributed by atoms with van der Waals surface area (Å²) in [5.74, 6) is 0.913. The zero-order valence-corrected chi connectivity index (χ0v) is 24.1. The number of nitrogen functional groups attached to an aromatic ring is 1. The lowest BCUT2D eigenvalue weighted by Gasteiger charge is -2.38. The van der Waals surface area contributed by atoms with E-state index in [-0.39, 0.29) is 19.1 Å². The molecule has 6 heteroatoms. The van der Waals surface area contributed by atoms with E-state index in [1.165, 1.54) is 38.0 Å². The fourth-order valence-corrected chi connectivity index (χ4v) is 5.82. The summed E-state index contributed by atoms with van der Waals surface area (Å²) in [5, 5.41) is 17.2. The number of hydrogen-bond donors (Lipinski definition) is 4. The third-order valence-electron chi connectivity index (χ3n) is 8.37. The van der Waals surface area contributed by atoms with Crippen molar-refractivity contribution in [1.82, 2.24) is 0 Å². The fraction of sp³-hybridized carbons (Fsp3) is 0.429. The highest BCUT2D eigenvalue weighted by Crippen LogP contribution is 2.42. The third kappa shape index (κ3) is 6.87. The number of hydrogen-bond acceptors (Lipinski definition) is 5. The number of anilines is 3. The van der Waals surface area contributed by atoms with Gasteiger partial charge in [-0.3, -0.25) is 0 Å². The van der Waals surface area contributed by atoms with E-state index in [2.05, 4.69) is 36.6 Å². The molecule has 0 saturated heterocycles. The highest BCUT2D eigenvalue weighted by Gasteiger charge is 2.34. The SMILES string of the molecule is C.CC(O)C(C)(F)c1ccc(CC(Nc2ccc(NC3CC(C)(C)Oc4ccccc43)c(N)c2)=C2CCCC2)cc1. The first kappa shape index (κ1) is 30.4. The van der Waals surface area contributed by atoms with Crippen molar-refractivity contribution in [2.75, 3.05) is 16.4 Å². The number of fused-ring (bicyclic) bond motifs is 1. The molecule has 1 saturated carbocycles. The maximum atomic E-state index is 14.9. The third-order valence-corrected chi connectivity index (χ3v) is 8.37. The Kier molecular flexibility index (Phi) is 9.03. The minimum absolute atomic E-state index is 0. The lowest BCUT2D eigenvalue weighted by Crippen LogP contribution is -2.37. The normalized spacial score (nSPS) is 19.7. The summed E-state index contributed by atoms with van der Waals surface area (Å²) in [7, 11) is 0. The van der Waals surface area contributed by atoms with Crippen molar-refractivity contribution in [1.29, 1.82) is 0 Å². The molecule has 1 aliphatic carbocycles. The van der Waals surface area contributed by atoms with Crippen molar-refractivity contribution >= 4 is 17.1 Å². The van der Waals surface area contributed by atoms with Crippen molar-refractivity contribution in [3.8, 4) is 5.75 Å². The Labute approximate surface area is 245 Å². The molecular formula is C35H46FN3O2. The molecule has 3 aromatic rings. The van der Waals surface area contributed by atoms with Gasteiger partial charge >= 0.3 is 0 Å². The summed E-state index contributed by atoms with van der Waals surface area (Å²) in [5.41, 5.74) is 12.4. The first-order valence-corrected chi connectivity index (χ1v) is 14.4. The van der Waals surface area contributed by atoms with Crippen LogP contribution >= 0.6 is 0 Å². The van der Waals surface area contributed by atoms with Gasteiger partial charge in [0.15, 0.2) is 5.67 Å². The number of aliphatic hydroxyl groups is 1. The number of para-hydroxylation sites is 1. The van der Waals surface area contributed by atoms with Crippen LogP contribution in [-0.4, -0.2) is 16.8 Å². The number of nitrogens with one attached hydrogen (secondary N) is 2. The number of alkyl halides is 1. The molecule has 3 unspecified atom stereocenters. The fourth-order valence-electron chi connectivity index (χ4n) is 5.82. The Bertz CT molecular complexity index is 1370. The standard InChI is InChI=1S/C34H42FN3O2.CH4/c1-22(39)34(4,35)25-15-13-23(14-16-25)19-30(24-9-5-6-10-24)37-26-17-18-29(28(36)20-26)38-31-21-33(2,3)40-32-12-8-7-11-27(31)32;/h7-8,11-18,20,22,31,37-39H,5-6,9-10,19,21,36H2,1-4H3;1H4. The second kappa shape index (κ2) is 12.2. The average molecular weight is 560 g/mol. The van der Waals surface area contributed by atoms with Gasteiger partial charge < -0.3 is 26.2 Å². The van der Waals surface area contributed by atoms with Gasteiger partial charge in [0, 0.05) is 29.8 Å². The number of ether oxygens (including phenoxy) is 1. The van der Waals surface area contributed by atoms with Gasteiger partial charge in [-0.05, 0) is 88.8 Å². The monoisotopic (exact) mass is 559 g/mol. The second-order valence-electron chi connectivity index (χ2n) is 12.1.